The number of hydrogen-bond donors (Lipinski definition) is 2. The molecule has 0 heterocycles. The van der Waals surface area contributed by atoms with E-state index in [1.807, 2.05) is 20.8 Å². The SMILES string of the molecule is CC(C)(C)NC(N)=NCc1cc(C(F)(F)F)cc(S(C)(=O)=O)c1. The van der Waals surface area contributed by atoms with Crippen LogP contribution in [0, 0.1) is 0 Å². The van der Waals surface area contributed by atoms with Crippen LogP contribution in [0.1, 0.15) is 31.9 Å². The highest BCUT2D eigenvalue weighted by Crippen LogP contribution is 2.31. The zero-order valence-corrected chi connectivity index (χ0v) is 14.1. The first kappa shape index (κ1) is 19.3. The molecule has 0 fully saturated rings. The summed E-state index contributed by atoms with van der Waals surface area (Å²) in [4.78, 5) is 3.54. The number of guanidine groups is 1. The van der Waals surface area contributed by atoms with Gasteiger partial charge in [-0.25, -0.2) is 13.4 Å². The summed E-state index contributed by atoms with van der Waals surface area (Å²) in [6.45, 7) is 5.38. The van der Waals surface area contributed by atoms with E-state index in [4.69, 9.17) is 5.73 Å². The minimum atomic E-state index is -4.64. The standard InChI is InChI=1S/C14H20F3N3O2S/c1-13(2,3)20-12(18)19-8-9-5-10(14(15,16)17)7-11(6-9)23(4,21)22/h5-7H,8H2,1-4H3,(H3,18,19,20). The van der Waals surface area contributed by atoms with Crippen molar-refractivity contribution in [1.82, 2.24) is 5.32 Å². The van der Waals surface area contributed by atoms with E-state index in [0.29, 0.717) is 6.07 Å². The molecule has 9 heteroatoms. The van der Waals surface area contributed by atoms with Gasteiger partial charge in [0.2, 0.25) is 0 Å². The summed E-state index contributed by atoms with van der Waals surface area (Å²) in [6.07, 6.45) is -3.79. The molecular weight excluding hydrogens is 331 g/mol. The number of benzene rings is 1. The monoisotopic (exact) mass is 351 g/mol. The van der Waals surface area contributed by atoms with Gasteiger partial charge in [-0.15, -0.1) is 0 Å². The van der Waals surface area contributed by atoms with Crippen LogP contribution >= 0.6 is 0 Å². The van der Waals surface area contributed by atoms with E-state index >= 15 is 0 Å². The first-order valence-electron chi connectivity index (χ1n) is 6.68. The van der Waals surface area contributed by atoms with Crippen molar-refractivity contribution >= 4 is 15.8 Å². The van der Waals surface area contributed by atoms with Crippen LogP contribution in [-0.2, 0) is 22.6 Å². The Bertz CT molecular complexity index is 705. The van der Waals surface area contributed by atoms with Crippen molar-refractivity contribution < 1.29 is 21.6 Å². The molecule has 0 aromatic heterocycles. The maximum Gasteiger partial charge on any atom is 0.416 e. The molecule has 0 spiro atoms. The van der Waals surface area contributed by atoms with Gasteiger partial charge in [-0.2, -0.15) is 13.2 Å². The first-order valence-corrected chi connectivity index (χ1v) is 8.57. The molecule has 0 saturated carbocycles. The molecule has 1 aromatic rings. The minimum Gasteiger partial charge on any atom is -0.370 e. The van der Waals surface area contributed by atoms with E-state index in [2.05, 4.69) is 10.3 Å². The average Bonchev–Trinajstić information content (AvgIpc) is 2.32. The fourth-order valence-electron chi connectivity index (χ4n) is 1.73. The highest BCUT2D eigenvalue weighted by atomic mass is 32.2. The smallest absolute Gasteiger partial charge is 0.370 e. The Morgan fingerprint density at radius 2 is 1.78 bits per heavy atom. The van der Waals surface area contributed by atoms with Crippen LogP contribution in [0.5, 0.6) is 0 Å². The van der Waals surface area contributed by atoms with E-state index in [0.717, 1.165) is 12.3 Å². The summed E-state index contributed by atoms with van der Waals surface area (Å²) in [5, 5.41) is 2.87. The zero-order valence-electron chi connectivity index (χ0n) is 13.3. The van der Waals surface area contributed by atoms with Crippen molar-refractivity contribution in [1.29, 1.82) is 0 Å². The van der Waals surface area contributed by atoms with Gasteiger partial charge in [-0.1, -0.05) is 0 Å². The summed E-state index contributed by atoms with van der Waals surface area (Å²) in [6, 6.07) is 2.64. The maximum atomic E-state index is 12.9. The van der Waals surface area contributed by atoms with Crippen LogP contribution in [0.3, 0.4) is 0 Å². The zero-order chi connectivity index (χ0) is 18.1. The molecule has 1 rings (SSSR count). The number of nitrogens with one attached hydrogen (secondary N) is 1. The highest BCUT2D eigenvalue weighted by Gasteiger charge is 2.32. The Hall–Kier alpha value is -1.77. The summed E-state index contributed by atoms with van der Waals surface area (Å²) >= 11 is 0. The van der Waals surface area contributed by atoms with Gasteiger partial charge < -0.3 is 11.1 Å². The van der Waals surface area contributed by atoms with Crippen LogP contribution in [-0.4, -0.2) is 26.2 Å². The fraction of sp³-hybridized carbons (Fsp3) is 0.500. The Balaban J connectivity index is 3.19. The van der Waals surface area contributed by atoms with Gasteiger partial charge in [0.1, 0.15) is 0 Å². The maximum absolute atomic E-state index is 12.9. The number of aliphatic imine (C=N–C) groups is 1. The second-order valence-corrected chi connectivity index (χ2v) is 8.23. The number of nitrogens with two attached hydrogens (primary N) is 1. The van der Waals surface area contributed by atoms with Crippen molar-refractivity contribution in [3.05, 3.63) is 29.3 Å². The molecule has 0 aliphatic rings. The second kappa shape index (κ2) is 6.38. The van der Waals surface area contributed by atoms with E-state index in [1.54, 1.807) is 0 Å². The Labute approximate surface area is 133 Å². The van der Waals surface area contributed by atoms with Gasteiger partial charge in [0.05, 0.1) is 17.0 Å². The average molecular weight is 351 g/mol. The number of rotatable bonds is 3. The number of hydrogen-bond acceptors (Lipinski definition) is 3. The summed E-state index contributed by atoms with van der Waals surface area (Å²) in [5.74, 6) is 0.0656. The van der Waals surface area contributed by atoms with Gasteiger partial charge in [0, 0.05) is 11.8 Å². The lowest BCUT2D eigenvalue weighted by atomic mass is 10.1. The molecule has 23 heavy (non-hydrogen) atoms. The van der Waals surface area contributed by atoms with Crippen LogP contribution < -0.4 is 11.1 Å². The summed E-state index contributed by atoms with van der Waals surface area (Å²) in [5.41, 5.74) is 4.38. The number of halogens is 3. The van der Waals surface area contributed by atoms with Crippen LogP contribution in [0.15, 0.2) is 28.1 Å². The number of nitrogens with zero attached hydrogens (tertiary/aromatic N) is 1. The molecule has 0 saturated heterocycles. The van der Waals surface area contributed by atoms with Gasteiger partial charge in [0.25, 0.3) is 0 Å². The van der Waals surface area contributed by atoms with Crippen molar-refractivity contribution in [2.45, 2.75) is 43.9 Å². The third-order valence-corrected chi connectivity index (χ3v) is 3.75. The van der Waals surface area contributed by atoms with Crippen LogP contribution in [0.2, 0.25) is 0 Å². The fourth-order valence-corrected chi connectivity index (χ4v) is 2.44. The van der Waals surface area contributed by atoms with E-state index in [9.17, 15) is 21.6 Å². The molecule has 0 aliphatic heterocycles. The molecule has 1 aromatic carbocycles. The molecular formula is C14H20F3N3O2S. The third-order valence-electron chi connectivity index (χ3n) is 2.66. The Morgan fingerprint density at radius 3 is 2.22 bits per heavy atom. The molecule has 0 amide bonds. The van der Waals surface area contributed by atoms with Gasteiger partial charge in [-0.3, -0.25) is 0 Å². The summed E-state index contributed by atoms with van der Waals surface area (Å²) < 4.78 is 61.8. The Morgan fingerprint density at radius 1 is 1.22 bits per heavy atom. The number of alkyl halides is 3. The highest BCUT2D eigenvalue weighted by molar-refractivity contribution is 7.90. The predicted octanol–water partition coefficient (Wildman–Crippen LogP) is 2.31. The van der Waals surface area contributed by atoms with Crippen molar-refractivity contribution in [3.8, 4) is 0 Å². The lowest BCUT2D eigenvalue weighted by molar-refractivity contribution is -0.137. The second-order valence-electron chi connectivity index (χ2n) is 6.21. The first-order chi connectivity index (χ1) is 10.2. The van der Waals surface area contributed by atoms with Crippen molar-refractivity contribution in [2.24, 2.45) is 10.7 Å². The lowest BCUT2D eigenvalue weighted by Gasteiger charge is -2.21. The molecule has 130 valence electrons. The predicted molar refractivity (Wildman–Crippen MR) is 82.8 cm³/mol. The minimum absolute atomic E-state index is 0.0656. The third kappa shape index (κ3) is 6.47. The van der Waals surface area contributed by atoms with E-state index < -0.39 is 26.5 Å². The molecule has 0 unspecified atom stereocenters. The van der Waals surface area contributed by atoms with Crippen LogP contribution in [0.4, 0.5) is 13.2 Å². The summed E-state index contributed by atoms with van der Waals surface area (Å²) in [7, 11) is -3.77. The molecule has 0 atom stereocenters. The molecule has 3 N–H and O–H groups in total. The van der Waals surface area contributed by atoms with Gasteiger partial charge in [-0.05, 0) is 44.5 Å². The molecule has 0 radical (unpaired) electrons. The van der Waals surface area contributed by atoms with Gasteiger partial charge in [0.15, 0.2) is 15.8 Å². The molecule has 0 bridgehead atoms. The largest absolute Gasteiger partial charge is 0.416 e. The topological polar surface area (TPSA) is 84.5 Å². The van der Waals surface area contributed by atoms with Crippen molar-refractivity contribution in [3.63, 3.8) is 0 Å². The van der Waals surface area contributed by atoms with Crippen LogP contribution in [0.25, 0.3) is 0 Å². The van der Waals surface area contributed by atoms with E-state index in [-0.39, 0.29) is 23.6 Å². The Kier molecular flexibility index (Phi) is 5.35. The quantitative estimate of drug-likeness (QED) is 0.646. The molecule has 5 nitrogen and oxygen atoms in total. The van der Waals surface area contributed by atoms with Crippen molar-refractivity contribution in [2.75, 3.05) is 6.26 Å². The number of sulfone groups is 1. The molecule has 0 aliphatic carbocycles. The lowest BCUT2D eigenvalue weighted by Crippen LogP contribution is -2.44. The normalized spacial score (nSPS) is 14.0. The van der Waals surface area contributed by atoms with Gasteiger partial charge >= 0.3 is 6.18 Å². The van der Waals surface area contributed by atoms with E-state index in [1.165, 1.54) is 6.07 Å².